The van der Waals surface area contributed by atoms with Gasteiger partial charge in [0.05, 0.1) is 19.1 Å². The molecule has 0 aliphatic carbocycles. The molecule has 0 aromatic carbocycles. The molecule has 0 amide bonds. The van der Waals surface area contributed by atoms with E-state index in [1.165, 1.54) is 0 Å². The van der Waals surface area contributed by atoms with Crippen LogP contribution in [0.1, 0.15) is 33.6 Å². The molecule has 1 aliphatic rings. The van der Waals surface area contributed by atoms with Crippen LogP contribution < -0.4 is 0 Å². The molecule has 1 rings (SSSR count). The van der Waals surface area contributed by atoms with E-state index in [1.54, 1.807) is 0 Å². The lowest BCUT2D eigenvalue weighted by atomic mass is 9.79. The maximum atomic E-state index is 10.4. The van der Waals surface area contributed by atoms with Gasteiger partial charge >= 0.3 is 5.97 Å². The summed E-state index contributed by atoms with van der Waals surface area (Å²) in [6.45, 7) is 7.94. The van der Waals surface area contributed by atoms with Gasteiger partial charge in [-0.2, -0.15) is 0 Å². The highest BCUT2D eigenvalue weighted by atomic mass is 16.5. The first-order valence-electron chi connectivity index (χ1n) is 5.90. The Morgan fingerprint density at radius 2 is 2.19 bits per heavy atom. The van der Waals surface area contributed by atoms with Crippen LogP contribution in [-0.2, 0) is 9.53 Å². The van der Waals surface area contributed by atoms with Gasteiger partial charge in [0.25, 0.3) is 0 Å². The Hall–Kier alpha value is -0.610. The molecule has 0 bridgehead atoms. The topological polar surface area (TPSA) is 49.8 Å². The van der Waals surface area contributed by atoms with E-state index in [4.69, 9.17) is 9.84 Å². The molecule has 0 spiro atoms. The maximum absolute atomic E-state index is 10.4. The van der Waals surface area contributed by atoms with Gasteiger partial charge < -0.3 is 14.7 Å². The Bertz CT molecular complexity index is 253. The lowest BCUT2D eigenvalue weighted by Crippen LogP contribution is -2.56. The first kappa shape index (κ1) is 13.5. The van der Waals surface area contributed by atoms with Crippen LogP contribution in [0.4, 0.5) is 0 Å². The van der Waals surface area contributed by atoms with Gasteiger partial charge in [-0.3, -0.25) is 4.79 Å². The molecule has 1 aliphatic heterocycles. The highest BCUT2D eigenvalue weighted by Crippen LogP contribution is 2.33. The Kier molecular flexibility index (Phi) is 4.33. The van der Waals surface area contributed by atoms with Crippen molar-refractivity contribution in [2.24, 2.45) is 5.92 Å². The van der Waals surface area contributed by atoms with E-state index >= 15 is 0 Å². The van der Waals surface area contributed by atoms with Gasteiger partial charge in [-0.1, -0.05) is 6.92 Å². The van der Waals surface area contributed by atoms with Crippen LogP contribution in [0.25, 0.3) is 0 Å². The molecule has 2 atom stereocenters. The second-order valence-corrected chi connectivity index (χ2v) is 5.21. The van der Waals surface area contributed by atoms with Gasteiger partial charge in [0, 0.05) is 18.0 Å². The van der Waals surface area contributed by atoms with Crippen LogP contribution in [0.2, 0.25) is 0 Å². The minimum atomic E-state index is -0.792. The van der Waals surface area contributed by atoms with Gasteiger partial charge in [-0.05, 0) is 27.3 Å². The largest absolute Gasteiger partial charge is 0.481 e. The maximum Gasteiger partial charge on any atom is 0.305 e. The number of aliphatic carboxylic acids is 1. The normalized spacial score (nSPS) is 30.2. The smallest absolute Gasteiger partial charge is 0.305 e. The van der Waals surface area contributed by atoms with Gasteiger partial charge in [-0.25, -0.2) is 0 Å². The molecule has 16 heavy (non-hydrogen) atoms. The summed E-state index contributed by atoms with van der Waals surface area (Å²) < 4.78 is 5.68. The highest BCUT2D eigenvalue weighted by Gasteiger charge is 2.39. The summed E-state index contributed by atoms with van der Waals surface area (Å²) in [5.41, 5.74) is 0.117. The van der Waals surface area contributed by atoms with Crippen molar-refractivity contribution < 1.29 is 14.6 Å². The van der Waals surface area contributed by atoms with E-state index in [1.807, 2.05) is 0 Å². The minimum absolute atomic E-state index is 0.0967. The summed E-state index contributed by atoms with van der Waals surface area (Å²) in [6.07, 6.45) is 1.27. The summed E-state index contributed by atoms with van der Waals surface area (Å²) in [5.74, 6) is -0.375. The number of hydrogen-bond acceptors (Lipinski definition) is 3. The molecule has 1 heterocycles. The van der Waals surface area contributed by atoms with Crippen molar-refractivity contribution in [1.82, 2.24) is 4.90 Å². The van der Waals surface area contributed by atoms with Gasteiger partial charge in [0.1, 0.15) is 0 Å². The third-order valence-electron chi connectivity index (χ3n) is 4.05. The average molecular weight is 229 g/mol. The number of carboxylic acids is 1. The third-order valence-corrected chi connectivity index (χ3v) is 4.05. The van der Waals surface area contributed by atoms with E-state index in [0.717, 1.165) is 13.0 Å². The zero-order valence-electron chi connectivity index (χ0n) is 10.7. The first-order valence-corrected chi connectivity index (χ1v) is 5.90. The Balaban J connectivity index is 2.46. The fourth-order valence-electron chi connectivity index (χ4n) is 2.19. The van der Waals surface area contributed by atoms with Crippen LogP contribution in [0, 0.1) is 5.92 Å². The number of nitrogens with zero attached hydrogens (tertiary/aromatic N) is 1. The predicted octanol–water partition coefficient (Wildman–Crippen LogP) is 1.60. The Labute approximate surface area is 97.6 Å². The van der Waals surface area contributed by atoms with Crippen molar-refractivity contribution in [3.05, 3.63) is 0 Å². The van der Waals surface area contributed by atoms with Crippen molar-refractivity contribution in [2.75, 3.05) is 20.2 Å². The molecule has 1 N–H and O–H groups in total. The standard InChI is InChI=1S/C12H23NO3/c1-9-10(16-8-6-11(14)15)5-7-13(4)12(9,2)3/h9-10H,5-8H2,1-4H3,(H,14,15). The fraction of sp³-hybridized carbons (Fsp3) is 0.917. The van der Waals surface area contributed by atoms with E-state index in [0.29, 0.717) is 12.5 Å². The van der Waals surface area contributed by atoms with E-state index in [9.17, 15) is 4.79 Å². The number of piperidine rings is 1. The average Bonchev–Trinajstić information content (AvgIpc) is 2.19. The van der Waals surface area contributed by atoms with E-state index < -0.39 is 5.97 Å². The van der Waals surface area contributed by atoms with E-state index in [-0.39, 0.29) is 18.1 Å². The molecule has 1 saturated heterocycles. The number of carboxylic acid groups (broad SMARTS) is 1. The summed E-state index contributed by atoms with van der Waals surface area (Å²) in [5, 5.41) is 8.57. The lowest BCUT2D eigenvalue weighted by molar-refractivity contribution is -0.140. The summed E-state index contributed by atoms with van der Waals surface area (Å²) in [4.78, 5) is 12.8. The van der Waals surface area contributed by atoms with E-state index in [2.05, 4.69) is 32.7 Å². The quantitative estimate of drug-likeness (QED) is 0.795. The molecule has 4 heteroatoms. The molecular formula is C12H23NO3. The van der Waals surface area contributed by atoms with Crippen molar-refractivity contribution in [2.45, 2.75) is 45.3 Å². The van der Waals surface area contributed by atoms with Crippen LogP contribution in [0.5, 0.6) is 0 Å². The molecule has 0 saturated carbocycles. The van der Waals surface area contributed by atoms with Crippen LogP contribution in [0.3, 0.4) is 0 Å². The van der Waals surface area contributed by atoms with Gasteiger partial charge in [0.2, 0.25) is 0 Å². The Morgan fingerprint density at radius 1 is 1.56 bits per heavy atom. The number of ether oxygens (including phenoxy) is 1. The summed E-state index contributed by atoms with van der Waals surface area (Å²) in [7, 11) is 2.13. The summed E-state index contributed by atoms with van der Waals surface area (Å²) in [6, 6.07) is 0. The number of hydrogen-bond donors (Lipinski definition) is 1. The van der Waals surface area contributed by atoms with Crippen LogP contribution >= 0.6 is 0 Å². The number of carbonyl (C=O) groups is 1. The van der Waals surface area contributed by atoms with Gasteiger partial charge in [0.15, 0.2) is 0 Å². The first-order chi connectivity index (χ1) is 7.35. The zero-order chi connectivity index (χ0) is 12.3. The minimum Gasteiger partial charge on any atom is -0.481 e. The van der Waals surface area contributed by atoms with Gasteiger partial charge in [-0.15, -0.1) is 0 Å². The van der Waals surface area contributed by atoms with Crippen LogP contribution in [-0.4, -0.2) is 47.8 Å². The molecule has 2 unspecified atom stereocenters. The molecular weight excluding hydrogens is 206 g/mol. The lowest BCUT2D eigenvalue weighted by Gasteiger charge is -2.48. The SMILES string of the molecule is CC1C(OCCC(=O)O)CCN(C)C1(C)C. The molecule has 94 valence electrons. The monoisotopic (exact) mass is 229 g/mol. The van der Waals surface area contributed by atoms with Crippen LogP contribution in [0.15, 0.2) is 0 Å². The molecule has 0 aromatic rings. The fourth-order valence-corrected chi connectivity index (χ4v) is 2.19. The molecule has 0 radical (unpaired) electrons. The zero-order valence-corrected chi connectivity index (χ0v) is 10.7. The number of rotatable bonds is 4. The second-order valence-electron chi connectivity index (χ2n) is 5.21. The van der Waals surface area contributed by atoms with Crippen molar-refractivity contribution in [1.29, 1.82) is 0 Å². The predicted molar refractivity (Wildman–Crippen MR) is 62.5 cm³/mol. The Morgan fingerprint density at radius 3 is 2.75 bits per heavy atom. The second kappa shape index (κ2) is 5.15. The van der Waals surface area contributed by atoms with Crippen molar-refractivity contribution in [3.63, 3.8) is 0 Å². The summed E-state index contributed by atoms with van der Waals surface area (Å²) >= 11 is 0. The number of likely N-dealkylation sites (tertiary alicyclic amines) is 1. The molecule has 4 nitrogen and oxygen atoms in total. The molecule has 1 fully saturated rings. The highest BCUT2D eigenvalue weighted by molar-refractivity contribution is 5.66. The molecule has 0 aromatic heterocycles. The van der Waals surface area contributed by atoms with Crippen molar-refractivity contribution in [3.8, 4) is 0 Å². The van der Waals surface area contributed by atoms with Crippen molar-refractivity contribution >= 4 is 5.97 Å². The third kappa shape index (κ3) is 2.95.